The van der Waals surface area contributed by atoms with Crippen molar-refractivity contribution >= 4 is 17.9 Å². The van der Waals surface area contributed by atoms with E-state index in [1.807, 2.05) is 0 Å². The lowest BCUT2D eigenvalue weighted by molar-refractivity contribution is -0.167. The SMILES string of the molecule is CCCCCCCCCCCCCCCCC(=O)OC[C@H](COC(=O)CCCCCCCCCCCCC(C)CC)OC(=O)CCCCCCCCCCC(C)C. The first-order valence-electron chi connectivity index (χ1n) is 25.3. The lowest BCUT2D eigenvalue weighted by Gasteiger charge is -2.18. The first-order valence-corrected chi connectivity index (χ1v) is 25.3. The van der Waals surface area contributed by atoms with Crippen LogP contribution in [0.2, 0.25) is 0 Å². The van der Waals surface area contributed by atoms with Gasteiger partial charge in [-0.3, -0.25) is 14.4 Å². The molecule has 0 aliphatic heterocycles. The van der Waals surface area contributed by atoms with Gasteiger partial charge < -0.3 is 14.2 Å². The van der Waals surface area contributed by atoms with Crippen molar-refractivity contribution in [1.82, 2.24) is 0 Å². The molecule has 0 saturated carbocycles. The second-order valence-corrected chi connectivity index (χ2v) is 18.2. The zero-order valence-corrected chi connectivity index (χ0v) is 39.0. The van der Waals surface area contributed by atoms with Crippen molar-refractivity contribution in [2.45, 2.75) is 285 Å². The van der Waals surface area contributed by atoms with Gasteiger partial charge >= 0.3 is 17.9 Å². The Labute approximate surface area is 355 Å². The van der Waals surface area contributed by atoms with Gasteiger partial charge in [-0.25, -0.2) is 0 Å². The van der Waals surface area contributed by atoms with E-state index in [9.17, 15) is 14.4 Å². The Bertz CT molecular complexity index is 872. The Hall–Kier alpha value is -1.59. The van der Waals surface area contributed by atoms with Crippen LogP contribution in [0.25, 0.3) is 0 Å². The molecule has 0 aromatic carbocycles. The van der Waals surface area contributed by atoms with Gasteiger partial charge in [0, 0.05) is 19.3 Å². The molecule has 6 nitrogen and oxygen atoms in total. The van der Waals surface area contributed by atoms with E-state index in [0.717, 1.165) is 69.6 Å². The third-order valence-electron chi connectivity index (χ3n) is 11.8. The van der Waals surface area contributed by atoms with Crippen LogP contribution in [0.4, 0.5) is 0 Å². The number of carbonyl (C=O) groups is 3. The highest BCUT2D eigenvalue weighted by Crippen LogP contribution is 2.18. The average molecular weight is 807 g/mol. The van der Waals surface area contributed by atoms with Gasteiger partial charge in [-0.2, -0.15) is 0 Å². The van der Waals surface area contributed by atoms with Crippen molar-refractivity contribution in [2.75, 3.05) is 13.2 Å². The molecular weight excluding hydrogens is 709 g/mol. The van der Waals surface area contributed by atoms with E-state index in [2.05, 4.69) is 34.6 Å². The molecule has 0 bridgehead atoms. The molecule has 2 atom stereocenters. The van der Waals surface area contributed by atoms with Gasteiger partial charge in [0.25, 0.3) is 0 Å². The summed E-state index contributed by atoms with van der Waals surface area (Å²) in [6, 6.07) is 0. The Kier molecular flexibility index (Phi) is 42.7. The number of rotatable bonds is 45. The number of hydrogen-bond acceptors (Lipinski definition) is 6. The molecule has 57 heavy (non-hydrogen) atoms. The Morgan fingerprint density at radius 2 is 0.667 bits per heavy atom. The molecule has 1 unspecified atom stereocenters. The van der Waals surface area contributed by atoms with Crippen LogP contribution in [-0.2, 0) is 28.6 Å². The minimum atomic E-state index is -0.761. The summed E-state index contributed by atoms with van der Waals surface area (Å²) in [6.45, 7) is 11.4. The van der Waals surface area contributed by atoms with Gasteiger partial charge in [-0.15, -0.1) is 0 Å². The third kappa shape index (κ3) is 43.8. The molecule has 338 valence electrons. The first kappa shape index (κ1) is 55.4. The molecule has 0 amide bonds. The van der Waals surface area contributed by atoms with Crippen molar-refractivity contribution in [3.8, 4) is 0 Å². The lowest BCUT2D eigenvalue weighted by Crippen LogP contribution is -2.30. The smallest absolute Gasteiger partial charge is 0.306 e. The lowest BCUT2D eigenvalue weighted by atomic mass is 9.99. The maximum atomic E-state index is 12.7. The summed E-state index contributed by atoms with van der Waals surface area (Å²) in [5.74, 6) is 0.811. The molecular formula is C51H98O6. The Morgan fingerprint density at radius 3 is 1.00 bits per heavy atom. The van der Waals surface area contributed by atoms with Gasteiger partial charge in [0.15, 0.2) is 6.10 Å². The summed E-state index contributed by atoms with van der Waals surface area (Å²) < 4.78 is 16.8. The van der Waals surface area contributed by atoms with E-state index in [-0.39, 0.29) is 31.1 Å². The molecule has 0 aliphatic rings. The normalized spacial score (nSPS) is 12.5. The van der Waals surface area contributed by atoms with E-state index in [4.69, 9.17) is 14.2 Å². The summed E-state index contributed by atoms with van der Waals surface area (Å²) in [5, 5.41) is 0. The van der Waals surface area contributed by atoms with Gasteiger partial charge in [0.05, 0.1) is 0 Å². The van der Waals surface area contributed by atoms with E-state index in [0.29, 0.717) is 19.3 Å². The second-order valence-electron chi connectivity index (χ2n) is 18.2. The van der Waals surface area contributed by atoms with Gasteiger partial charge in [-0.1, -0.05) is 240 Å². The molecule has 0 N–H and O–H groups in total. The van der Waals surface area contributed by atoms with Crippen LogP contribution < -0.4 is 0 Å². The fourth-order valence-corrected chi connectivity index (χ4v) is 7.60. The summed E-state index contributed by atoms with van der Waals surface area (Å²) >= 11 is 0. The van der Waals surface area contributed by atoms with Crippen LogP contribution in [0.15, 0.2) is 0 Å². The Balaban J connectivity index is 4.31. The predicted octanol–water partition coefficient (Wildman–Crippen LogP) is 16.1. The largest absolute Gasteiger partial charge is 0.462 e. The summed E-state index contributed by atoms with van der Waals surface area (Å²) in [6.07, 6.45) is 43.7. The minimum absolute atomic E-state index is 0.0644. The fourth-order valence-electron chi connectivity index (χ4n) is 7.60. The molecule has 0 aromatic rings. The zero-order chi connectivity index (χ0) is 41.9. The highest BCUT2D eigenvalue weighted by Gasteiger charge is 2.19. The maximum Gasteiger partial charge on any atom is 0.306 e. The number of hydrogen-bond donors (Lipinski definition) is 0. The van der Waals surface area contributed by atoms with Crippen molar-refractivity contribution < 1.29 is 28.6 Å². The highest BCUT2D eigenvalue weighted by molar-refractivity contribution is 5.71. The molecule has 0 aromatic heterocycles. The zero-order valence-electron chi connectivity index (χ0n) is 39.0. The quantitative estimate of drug-likeness (QED) is 0.0346. The topological polar surface area (TPSA) is 78.9 Å². The standard InChI is InChI=1S/C51H98O6/c1-6-8-9-10-11-12-13-14-15-16-20-26-31-36-41-49(52)55-44-48(57-51(54)43-38-33-28-23-22-24-29-34-39-46(3)4)45-56-50(53)42-37-32-27-21-18-17-19-25-30-35-40-47(5)7-2/h46-48H,6-45H2,1-5H3/t47?,48-/m1/s1. The van der Waals surface area contributed by atoms with Crippen molar-refractivity contribution in [3.05, 3.63) is 0 Å². The van der Waals surface area contributed by atoms with Gasteiger partial charge in [-0.05, 0) is 31.1 Å². The molecule has 0 spiro atoms. The summed E-state index contributed by atoms with van der Waals surface area (Å²) in [5.41, 5.74) is 0. The van der Waals surface area contributed by atoms with Gasteiger partial charge in [0.1, 0.15) is 13.2 Å². The molecule has 6 heteroatoms. The number of carbonyl (C=O) groups excluding carboxylic acids is 3. The molecule has 0 rings (SSSR count). The van der Waals surface area contributed by atoms with Crippen LogP contribution in [0.1, 0.15) is 279 Å². The van der Waals surface area contributed by atoms with Crippen LogP contribution in [-0.4, -0.2) is 37.2 Å². The molecule has 0 radical (unpaired) electrons. The monoisotopic (exact) mass is 807 g/mol. The van der Waals surface area contributed by atoms with Gasteiger partial charge in [0.2, 0.25) is 0 Å². The van der Waals surface area contributed by atoms with Crippen molar-refractivity contribution in [3.63, 3.8) is 0 Å². The van der Waals surface area contributed by atoms with Crippen LogP contribution in [0.3, 0.4) is 0 Å². The predicted molar refractivity (Wildman–Crippen MR) is 243 cm³/mol. The van der Waals surface area contributed by atoms with E-state index < -0.39 is 6.10 Å². The van der Waals surface area contributed by atoms with Crippen LogP contribution in [0.5, 0.6) is 0 Å². The third-order valence-corrected chi connectivity index (χ3v) is 11.8. The number of ether oxygens (including phenoxy) is 3. The molecule has 0 saturated heterocycles. The summed E-state index contributed by atoms with van der Waals surface area (Å²) in [7, 11) is 0. The Morgan fingerprint density at radius 1 is 0.368 bits per heavy atom. The summed E-state index contributed by atoms with van der Waals surface area (Å²) in [4.78, 5) is 37.9. The van der Waals surface area contributed by atoms with Crippen molar-refractivity contribution in [2.24, 2.45) is 11.8 Å². The van der Waals surface area contributed by atoms with Crippen LogP contribution in [0, 0.1) is 11.8 Å². The van der Waals surface area contributed by atoms with E-state index in [1.165, 1.54) is 167 Å². The maximum absolute atomic E-state index is 12.7. The van der Waals surface area contributed by atoms with E-state index in [1.54, 1.807) is 0 Å². The van der Waals surface area contributed by atoms with E-state index >= 15 is 0 Å². The van der Waals surface area contributed by atoms with Crippen LogP contribution >= 0.6 is 0 Å². The number of unbranched alkanes of at least 4 members (excludes halogenated alkanes) is 29. The van der Waals surface area contributed by atoms with Crippen molar-refractivity contribution in [1.29, 1.82) is 0 Å². The highest BCUT2D eigenvalue weighted by atomic mass is 16.6. The average Bonchev–Trinajstić information content (AvgIpc) is 3.19. The minimum Gasteiger partial charge on any atom is -0.462 e. The molecule has 0 fully saturated rings. The number of esters is 3. The molecule has 0 heterocycles. The molecule has 0 aliphatic carbocycles. The fraction of sp³-hybridized carbons (Fsp3) is 0.941. The first-order chi connectivity index (χ1) is 27.8. The second kappa shape index (κ2) is 44.0.